The zero-order chi connectivity index (χ0) is 19.0. The van der Waals surface area contributed by atoms with Gasteiger partial charge in [0, 0.05) is 10.9 Å². The van der Waals surface area contributed by atoms with Gasteiger partial charge >= 0.3 is 11.9 Å². The van der Waals surface area contributed by atoms with E-state index in [9.17, 15) is 9.59 Å². The summed E-state index contributed by atoms with van der Waals surface area (Å²) in [5.41, 5.74) is 3.57. The number of hydrogen-bond acceptors (Lipinski definition) is 3. The van der Waals surface area contributed by atoms with E-state index in [1.807, 2.05) is 24.3 Å². The van der Waals surface area contributed by atoms with Gasteiger partial charge in [-0.25, -0.2) is 14.3 Å². The zero-order valence-corrected chi connectivity index (χ0v) is 14.0. The fourth-order valence-corrected chi connectivity index (χ4v) is 2.99. The number of benzene rings is 3. The molecule has 3 aromatic carbocycles. The lowest BCUT2D eigenvalue weighted by Gasteiger charge is -2.04. The first kappa shape index (κ1) is 16.5. The van der Waals surface area contributed by atoms with E-state index in [-0.39, 0.29) is 11.1 Å². The van der Waals surface area contributed by atoms with Crippen molar-refractivity contribution in [3.05, 3.63) is 83.9 Å². The van der Waals surface area contributed by atoms with Crippen LogP contribution < -0.4 is 0 Å². The van der Waals surface area contributed by atoms with Gasteiger partial charge in [-0.1, -0.05) is 30.3 Å². The molecule has 1 aromatic heterocycles. The Bertz CT molecular complexity index is 1070. The predicted molar refractivity (Wildman–Crippen MR) is 100 cm³/mol. The van der Waals surface area contributed by atoms with E-state index in [4.69, 9.17) is 15.3 Å². The third-order valence-electron chi connectivity index (χ3n) is 4.35. The number of para-hydroxylation sites is 1. The van der Waals surface area contributed by atoms with Crippen LogP contribution in [0.2, 0.25) is 0 Å². The molecule has 0 saturated carbocycles. The molecule has 0 aliphatic carbocycles. The third-order valence-corrected chi connectivity index (χ3v) is 4.35. The molecule has 1 heterocycles. The normalized spacial score (nSPS) is 10.8. The Morgan fingerprint density at radius 1 is 0.741 bits per heavy atom. The fraction of sp³-hybridized carbons (Fsp3) is 0. The summed E-state index contributed by atoms with van der Waals surface area (Å²) in [5, 5.41) is 23.8. The number of fused-ring (bicyclic) bond motifs is 1. The van der Waals surface area contributed by atoms with E-state index in [2.05, 4.69) is 0 Å². The molecule has 4 rings (SSSR count). The molecule has 0 unspecified atom stereocenters. The Morgan fingerprint density at radius 3 is 1.89 bits per heavy atom. The average molecular weight is 358 g/mol. The van der Waals surface area contributed by atoms with Gasteiger partial charge in [-0.3, -0.25) is 0 Å². The molecule has 0 radical (unpaired) electrons. The van der Waals surface area contributed by atoms with Crippen LogP contribution in [0.25, 0.3) is 27.8 Å². The van der Waals surface area contributed by atoms with Gasteiger partial charge in [0.05, 0.1) is 22.3 Å². The van der Waals surface area contributed by atoms with E-state index in [0.717, 1.165) is 27.8 Å². The highest BCUT2D eigenvalue weighted by Crippen LogP contribution is 2.30. The number of aromatic carboxylic acids is 2. The summed E-state index contributed by atoms with van der Waals surface area (Å²) in [7, 11) is 0. The lowest BCUT2D eigenvalue weighted by Crippen LogP contribution is -1.99. The maximum absolute atomic E-state index is 11.1. The van der Waals surface area contributed by atoms with Crippen molar-refractivity contribution in [3.8, 4) is 16.9 Å². The standard InChI is InChI=1S/C21H14N2O4/c24-20(25)14-7-5-13(6-8-14)19-17-3-1-2-4-18(17)23(22-19)16-11-9-15(10-12-16)21(26)27/h1-12H,(H,24,25)(H,26,27). The number of nitrogens with zero attached hydrogens (tertiary/aromatic N) is 2. The van der Waals surface area contributed by atoms with E-state index < -0.39 is 11.9 Å². The van der Waals surface area contributed by atoms with Crippen LogP contribution in [0.5, 0.6) is 0 Å². The molecule has 0 fully saturated rings. The topological polar surface area (TPSA) is 92.4 Å². The minimum atomic E-state index is -0.980. The van der Waals surface area contributed by atoms with Crippen LogP contribution in [0.3, 0.4) is 0 Å². The molecule has 27 heavy (non-hydrogen) atoms. The van der Waals surface area contributed by atoms with Crippen molar-refractivity contribution < 1.29 is 19.8 Å². The Labute approximate surface area is 153 Å². The second kappa shape index (κ2) is 6.42. The number of aromatic nitrogens is 2. The number of carboxylic acid groups (broad SMARTS) is 2. The van der Waals surface area contributed by atoms with Gasteiger partial charge in [0.15, 0.2) is 0 Å². The molecule has 0 bridgehead atoms. The summed E-state index contributed by atoms with van der Waals surface area (Å²) in [6, 6.07) is 20.8. The van der Waals surface area contributed by atoms with Crippen molar-refractivity contribution in [2.75, 3.05) is 0 Å². The molecule has 132 valence electrons. The molecule has 0 amide bonds. The Kier molecular flexibility index (Phi) is 3.93. The first-order valence-corrected chi connectivity index (χ1v) is 8.20. The molecule has 0 aliphatic heterocycles. The van der Waals surface area contributed by atoms with Crippen molar-refractivity contribution >= 4 is 22.8 Å². The Balaban J connectivity index is 1.86. The van der Waals surface area contributed by atoms with Crippen LogP contribution in [-0.2, 0) is 0 Å². The summed E-state index contributed by atoms with van der Waals surface area (Å²) in [6.45, 7) is 0. The second-order valence-electron chi connectivity index (χ2n) is 6.01. The van der Waals surface area contributed by atoms with Gasteiger partial charge in [0.1, 0.15) is 5.69 Å². The first-order valence-electron chi connectivity index (χ1n) is 8.20. The van der Waals surface area contributed by atoms with Crippen molar-refractivity contribution in [3.63, 3.8) is 0 Å². The van der Waals surface area contributed by atoms with Crippen LogP contribution in [0.15, 0.2) is 72.8 Å². The van der Waals surface area contributed by atoms with Crippen LogP contribution in [0, 0.1) is 0 Å². The molecule has 6 heteroatoms. The van der Waals surface area contributed by atoms with Gasteiger partial charge in [0.25, 0.3) is 0 Å². The zero-order valence-electron chi connectivity index (χ0n) is 14.0. The molecular weight excluding hydrogens is 344 g/mol. The first-order chi connectivity index (χ1) is 13.0. The van der Waals surface area contributed by atoms with E-state index in [0.29, 0.717) is 0 Å². The SMILES string of the molecule is O=C(O)c1ccc(-c2nn(-c3ccc(C(=O)O)cc3)c3ccccc23)cc1. The largest absolute Gasteiger partial charge is 0.478 e. The third kappa shape index (κ3) is 2.93. The van der Waals surface area contributed by atoms with Gasteiger partial charge in [-0.2, -0.15) is 5.10 Å². The number of hydrogen-bond donors (Lipinski definition) is 2. The number of rotatable bonds is 4. The monoisotopic (exact) mass is 358 g/mol. The molecule has 0 saturated heterocycles. The van der Waals surface area contributed by atoms with Gasteiger partial charge < -0.3 is 10.2 Å². The van der Waals surface area contributed by atoms with Crippen molar-refractivity contribution in [2.45, 2.75) is 0 Å². The fourth-order valence-electron chi connectivity index (χ4n) is 2.99. The smallest absolute Gasteiger partial charge is 0.335 e. The van der Waals surface area contributed by atoms with E-state index in [1.165, 1.54) is 12.1 Å². The van der Waals surface area contributed by atoms with Crippen LogP contribution in [0.4, 0.5) is 0 Å². The highest BCUT2D eigenvalue weighted by atomic mass is 16.4. The molecule has 2 N–H and O–H groups in total. The molecule has 0 spiro atoms. The van der Waals surface area contributed by atoms with Crippen LogP contribution >= 0.6 is 0 Å². The summed E-state index contributed by atoms with van der Waals surface area (Å²) in [4.78, 5) is 22.1. The van der Waals surface area contributed by atoms with Crippen LogP contribution in [0.1, 0.15) is 20.7 Å². The van der Waals surface area contributed by atoms with E-state index in [1.54, 1.807) is 41.1 Å². The lowest BCUT2D eigenvalue weighted by atomic mass is 10.1. The summed E-state index contributed by atoms with van der Waals surface area (Å²) >= 11 is 0. The molecule has 0 atom stereocenters. The molecule has 0 aliphatic rings. The lowest BCUT2D eigenvalue weighted by molar-refractivity contribution is 0.0686. The summed E-state index contributed by atoms with van der Waals surface area (Å²) < 4.78 is 1.75. The highest BCUT2D eigenvalue weighted by molar-refractivity contribution is 5.95. The average Bonchev–Trinajstić information content (AvgIpc) is 3.08. The maximum atomic E-state index is 11.1. The maximum Gasteiger partial charge on any atom is 0.335 e. The summed E-state index contributed by atoms with van der Waals surface area (Å²) in [5.74, 6) is -1.96. The van der Waals surface area contributed by atoms with Gasteiger partial charge in [-0.05, 0) is 42.5 Å². The van der Waals surface area contributed by atoms with Crippen molar-refractivity contribution in [1.82, 2.24) is 9.78 Å². The second-order valence-corrected chi connectivity index (χ2v) is 6.01. The van der Waals surface area contributed by atoms with Gasteiger partial charge in [0.2, 0.25) is 0 Å². The number of carboxylic acids is 2. The van der Waals surface area contributed by atoms with Crippen LogP contribution in [-0.4, -0.2) is 31.9 Å². The molecule has 6 nitrogen and oxygen atoms in total. The Morgan fingerprint density at radius 2 is 1.30 bits per heavy atom. The molecular formula is C21H14N2O4. The number of carbonyl (C=O) groups is 2. The summed E-state index contributed by atoms with van der Waals surface area (Å²) in [6.07, 6.45) is 0. The molecule has 4 aromatic rings. The highest BCUT2D eigenvalue weighted by Gasteiger charge is 2.14. The van der Waals surface area contributed by atoms with E-state index >= 15 is 0 Å². The van der Waals surface area contributed by atoms with Gasteiger partial charge in [-0.15, -0.1) is 0 Å². The Hall–Kier alpha value is -3.93. The van der Waals surface area contributed by atoms with Crippen molar-refractivity contribution in [2.24, 2.45) is 0 Å². The minimum Gasteiger partial charge on any atom is -0.478 e. The minimum absolute atomic E-state index is 0.208. The van der Waals surface area contributed by atoms with Crippen molar-refractivity contribution in [1.29, 1.82) is 0 Å². The predicted octanol–water partition coefficient (Wildman–Crippen LogP) is 4.09. The quantitative estimate of drug-likeness (QED) is 0.573.